The molecule has 0 atom stereocenters. The van der Waals surface area contributed by atoms with Gasteiger partial charge in [-0.15, -0.1) is 11.3 Å². The Labute approximate surface area is 351 Å². The molecule has 1 aliphatic carbocycles. The zero-order valence-electron chi connectivity index (χ0n) is 33.3. The van der Waals surface area contributed by atoms with Gasteiger partial charge in [0.05, 0.1) is 16.6 Å². The van der Waals surface area contributed by atoms with E-state index in [4.69, 9.17) is 0 Å². The molecular formula is C57H38N2S. The standard InChI is InChI=1S/C57H38N2S/c1-57(2)48-21-8-6-15-40(48)41-31-29-39(34-49(41)57)58(37-27-25-36(26-28-37)35-13-4-3-5-14-35)38-30-32-51-47(33-38)46-20-10-19-45-44-18-12-24-53-55(44)54-43(17-11-23-52(54)60-53)42-16-7-9-22-50(42)59(51)56(45)46/h3-34H,1-2H3. The summed E-state index contributed by atoms with van der Waals surface area (Å²) in [4.78, 5) is 2.46. The Bertz CT molecular complexity index is 3740. The second-order valence-electron chi connectivity index (χ2n) is 16.9. The third-order valence-electron chi connectivity index (χ3n) is 13.3. The van der Waals surface area contributed by atoms with Crippen LogP contribution in [0.2, 0.25) is 0 Å². The lowest BCUT2D eigenvalue weighted by Crippen LogP contribution is -2.16. The second kappa shape index (κ2) is 12.4. The molecular weight excluding hydrogens is 745 g/mol. The molecule has 0 saturated heterocycles. The number of anilines is 3. The van der Waals surface area contributed by atoms with Crippen molar-refractivity contribution in [1.82, 2.24) is 4.40 Å². The SMILES string of the molecule is CC1(C)c2ccccc2-c2ccc(N(c3ccc(-c4ccccc4)cc3)c3ccc4c(c3)c3cccc5c6cccc7sc8cccc(c9ccccc9n4c53)c8c76)cc21. The van der Waals surface area contributed by atoms with Crippen LogP contribution in [-0.4, -0.2) is 4.40 Å². The third-order valence-corrected chi connectivity index (χ3v) is 14.5. The number of hydrogen-bond donors (Lipinski definition) is 0. The first-order valence-corrected chi connectivity index (χ1v) is 21.7. The zero-order valence-corrected chi connectivity index (χ0v) is 34.1. The van der Waals surface area contributed by atoms with Crippen LogP contribution in [0.25, 0.3) is 91.3 Å². The summed E-state index contributed by atoms with van der Waals surface area (Å²) in [5, 5.41) is 10.3. The molecule has 1 aliphatic rings. The highest BCUT2D eigenvalue weighted by molar-refractivity contribution is 7.26. The number of para-hydroxylation sites is 2. The Morgan fingerprint density at radius 1 is 0.400 bits per heavy atom. The predicted molar refractivity (Wildman–Crippen MR) is 258 cm³/mol. The van der Waals surface area contributed by atoms with Crippen molar-refractivity contribution < 1.29 is 0 Å². The average molecular weight is 783 g/mol. The molecule has 3 heterocycles. The topological polar surface area (TPSA) is 7.65 Å². The second-order valence-corrected chi connectivity index (χ2v) is 17.9. The smallest absolute Gasteiger partial charge is 0.0619 e. The predicted octanol–water partition coefficient (Wildman–Crippen LogP) is 16.4. The van der Waals surface area contributed by atoms with E-state index in [2.05, 4.69) is 217 Å². The molecule has 9 aromatic carbocycles. The molecule has 13 rings (SSSR count). The number of fused-ring (bicyclic) bond motifs is 10. The molecule has 0 amide bonds. The van der Waals surface area contributed by atoms with Crippen molar-refractivity contribution in [3.05, 3.63) is 205 Å². The highest BCUT2D eigenvalue weighted by Gasteiger charge is 2.36. The Kier molecular flexibility index (Phi) is 6.98. The Morgan fingerprint density at radius 3 is 1.75 bits per heavy atom. The molecule has 282 valence electrons. The lowest BCUT2D eigenvalue weighted by atomic mass is 9.82. The van der Waals surface area contributed by atoms with Crippen LogP contribution in [0, 0.1) is 0 Å². The zero-order chi connectivity index (χ0) is 39.7. The van der Waals surface area contributed by atoms with Gasteiger partial charge in [0.1, 0.15) is 0 Å². The minimum Gasteiger partial charge on any atom is -0.310 e. The minimum atomic E-state index is -0.119. The monoisotopic (exact) mass is 782 g/mol. The van der Waals surface area contributed by atoms with Crippen molar-refractivity contribution in [2.24, 2.45) is 0 Å². The summed E-state index contributed by atoms with van der Waals surface area (Å²) in [7, 11) is 0. The lowest BCUT2D eigenvalue weighted by molar-refractivity contribution is 0.660. The molecule has 3 heteroatoms. The first kappa shape index (κ1) is 33.7. The summed E-state index contributed by atoms with van der Waals surface area (Å²) in [5.41, 5.74) is 14.7. The van der Waals surface area contributed by atoms with Gasteiger partial charge in [0.25, 0.3) is 0 Å². The van der Waals surface area contributed by atoms with Gasteiger partial charge in [0.15, 0.2) is 0 Å². The van der Waals surface area contributed by atoms with Crippen LogP contribution in [0.5, 0.6) is 0 Å². The molecule has 3 aromatic heterocycles. The van der Waals surface area contributed by atoms with Crippen LogP contribution in [0.3, 0.4) is 0 Å². The molecule has 2 nitrogen and oxygen atoms in total. The molecule has 12 aromatic rings. The highest BCUT2D eigenvalue weighted by atomic mass is 32.1. The van der Waals surface area contributed by atoms with Gasteiger partial charge in [-0.05, 0) is 105 Å². The van der Waals surface area contributed by atoms with E-state index >= 15 is 0 Å². The maximum atomic E-state index is 2.54. The fourth-order valence-electron chi connectivity index (χ4n) is 10.6. The summed E-state index contributed by atoms with van der Waals surface area (Å²) in [6.07, 6.45) is 0. The molecule has 0 aliphatic heterocycles. The van der Waals surface area contributed by atoms with E-state index in [0.29, 0.717) is 0 Å². The van der Waals surface area contributed by atoms with E-state index in [1.54, 1.807) is 0 Å². The third kappa shape index (κ3) is 4.64. The van der Waals surface area contributed by atoms with Crippen LogP contribution in [0.4, 0.5) is 17.1 Å². The van der Waals surface area contributed by atoms with E-state index in [1.807, 2.05) is 11.3 Å². The summed E-state index contributed by atoms with van der Waals surface area (Å²) >= 11 is 1.90. The number of aromatic nitrogens is 1. The van der Waals surface area contributed by atoms with Crippen molar-refractivity contribution in [2.45, 2.75) is 19.3 Å². The van der Waals surface area contributed by atoms with E-state index in [1.165, 1.54) is 102 Å². The van der Waals surface area contributed by atoms with Crippen LogP contribution >= 0.6 is 11.3 Å². The number of rotatable bonds is 4. The van der Waals surface area contributed by atoms with Crippen LogP contribution < -0.4 is 4.90 Å². The Hall–Kier alpha value is -7.20. The molecule has 0 spiro atoms. The van der Waals surface area contributed by atoms with E-state index in [-0.39, 0.29) is 5.41 Å². The molecule has 0 radical (unpaired) electrons. The minimum absolute atomic E-state index is 0.119. The lowest BCUT2D eigenvalue weighted by Gasteiger charge is -2.28. The van der Waals surface area contributed by atoms with Gasteiger partial charge in [0, 0.05) is 64.2 Å². The normalized spacial score (nSPS) is 13.3. The number of benzene rings is 9. The van der Waals surface area contributed by atoms with Crippen molar-refractivity contribution >= 4 is 97.4 Å². The first-order chi connectivity index (χ1) is 29.5. The Morgan fingerprint density at radius 2 is 0.950 bits per heavy atom. The number of thiophene rings is 1. The van der Waals surface area contributed by atoms with E-state index in [0.717, 1.165) is 17.1 Å². The van der Waals surface area contributed by atoms with Gasteiger partial charge in [-0.1, -0.05) is 147 Å². The fraction of sp³-hybridized carbons (Fsp3) is 0.0526. The molecule has 0 fully saturated rings. The fourth-order valence-corrected chi connectivity index (χ4v) is 11.7. The van der Waals surface area contributed by atoms with Crippen LogP contribution in [0.1, 0.15) is 25.0 Å². The summed E-state index contributed by atoms with van der Waals surface area (Å²) in [5.74, 6) is 0. The highest BCUT2D eigenvalue weighted by Crippen LogP contribution is 2.51. The quantitative estimate of drug-likeness (QED) is 0.173. The van der Waals surface area contributed by atoms with Gasteiger partial charge < -0.3 is 9.30 Å². The molecule has 0 saturated carbocycles. The van der Waals surface area contributed by atoms with Crippen molar-refractivity contribution in [1.29, 1.82) is 0 Å². The molecule has 0 unspecified atom stereocenters. The average Bonchev–Trinajstić information content (AvgIpc) is 3.93. The van der Waals surface area contributed by atoms with E-state index in [9.17, 15) is 0 Å². The summed E-state index contributed by atoms with van der Waals surface area (Å²) < 4.78 is 5.19. The molecule has 0 N–H and O–H groups in total. The number of nitrogens with zero attached hydrogens (tertiary/aromatic N) is 2. The van der Waals surface area contributed by atoms with Gasteiger partial charge in [-0.2, -0.15) is 0 Å². The Balaban J connectivity index is 1.11. The van der Waals surface area contributed by atoms with Gasteiger partial charge in [-0.25, -0.2) is 0 Å². The maximum absolute atomic E-state index is 2.54. The summed E-state index contributed by atoms with van der Waals surface area (Å²) in [6, 6.07) is 72.5. The van der Waals surface area contributed by atoms with Gasteiger partial charge in [-0.3, -0.25) is 0 Å². The first-order valence-electron chi connectivity index (χ1n) is 20.8. The van der Waals surface area contributed by atoms with Crippen LogP contribution in [-0.2, 0) is 5.41 Å². The molecule has 60 heavy (non-hydrogen) atoms. The van der Waals surface area contributed by atoms with Crippen LogP contribution in [0.15, 0.2) is 194 Å². The van der Waals surface area contributed by atoms with Crippen molar-refractivity contribution in [2.75, 3.05) is 4.90 Å². The van der Waals surface area contributed by atoms with Gasteiger partial charge in [0.2, 0.25) is 0 Å². The molecule has 0 bridgehead atoms. The maximum Gasteiger partial charge on any atom is 0.0619 e. The van der Waals surface area contributed by atoms with Crippen molar-refractivity contribution in [3.63, 3.8) is 0 Å². The summed E-state index contributed by atoms with van der Waals surface area (Å²) in [6.45, 7) is 4.73. The largest absolute Gasteiger partial charge is 0.310 e. The number of hydrogen-bond acceptors (Lipinski definition) is 2. The van der Waals surface area contributed by atoms with Crippen molar-refractivity contribution in [3.8, 4) is 22.3 Å². The van der Waals surface area contributed by atoms with E-state index < -0.39 is 0 Å². The van der Waals surface area contributed by atoms with Gasteiger partial charge >= 0.3 is 0 Å².